The number of halogens is 1. The first-order chi connectivity index (χ1) is 11.5. The molecular formula is C18H19IN2O3. The molecule has 0 aromatic heterocycles. The summed E-state index contributed by atoms with van der Waals surface area (Å²) in [5, 5.41) is 2.81. The number of benzene rings is 1. The van der Waals surface area contributed by atoms with Crippen LogP contribution in [0.3, 0.4) is 0 Å². The van der Waals surface area contributed by atoms with Crippen molar-refractivity contribution in [2.24, 2.45) is 23.7 Å². The minimum absolute atomic E-state index is 0.0423. The molecule has 0 spiro atoms. The molecule has 6 heteroatoms. The number of nitrogens with one attached hydrogen (secondary N) is 1. The highest BCUT2D eigenvalue weighted by Gasteiger charge is 2.60. The first-order valence-electron chi connectivity index (χ1n) is 8.45. The van der Waals surface area contributed by atoms with Gasteiger partial charge in [-0.3, -0.25) is 19.3 Å². The minimum Gasteiger partial charge on any atom is -0.326 e. The largest absolute Gasteiger partial charge is 0.326 e. The summed E-state index contributed by atoms with van der Waals surface area (Å²) in [5.41, 5.74) is 0.731. The number of carbonyl (C=O) groups is 3. The lowest BCUT2D eigenvalue weighted by Gasteiger charge is -2.19. The van der Waals surface area contributed by atoms with Crippen LogP contribution in [0.15, 0.2) is 24.3 Å². The number of hydrogen-bond acceptors (Lipinski definition) is 3. The smallest absolute Gasteiger partial charge is 0.233 e. The van der Waals surface area contributed by atoms with Crippen LogP contribution in [-0.4, -0.2) is 29.2 Å². The molecule has 1 aromatic rings. The monoisotopic (exact) mass is 438 g/mol. The number of rotatable bonds is 4. The van der Waals surface area contributed by atoms with Crippen molar-refractivity contribution in [1.82, 2.24) is 4.90 Å². The van der Waals surface area contributed by atoms with Crippen LogP contribution < -0.4 is 5.32 Å². The molecule has 1 aromatic carbocycles. The van der Waals surface area contributed by atoms with Crippen molar-refractivity contribution in [1.29, 1.82) is 0 Å². The van der Waals surface area contributed by atoms with Gasteiger partial charge in [0.05, 0.1) is 11.8 Å². The molecule has 1 saturated heterocycles. The second-order valence-corrected chi connectivity index (χ2v) is 8.26. The highest BCUT2D eigenvalue weighted by Crippen LogP contribution is 2.56. The van der Waals surface area contributed by atoms with Gasteiger partial charge in [0.15, 0.2) is 0 Å². The van der Waals surface area contributed by atoms with Gasteiger partial charge in [-0.05, 0) is 78.0 Å². The van der Waals surface area contributed by atoms with E-state index in [0.717, 1.165) is 28.5 Å². The van der Waals surface area contributed by atoms with Crippen molar-refractivity contribution in [3.8, 4) is 0 Å². The molecule has 3 fully saturated rings. The third-order valence-electron chi connectivity index (χ3n) is 5.71. The Morgan fingerprint density at radius 2 is 1.67 bits per heavy atom. The SMILES string of the molecule is O=C(CCN1C(=O)[C@@H]2[C@H]3CC[C@@H](C3)[C@@H]2C1=O)Nc1ccc(I)cc1. The van der Waals surface area contributed by atoms with E-state index in [-0.39, 0.29) is 42.5 Å². The number of imide groups is 1. The van der Waals surface area contributed by atoms with E-state index in [9.17, 15) is 14.4 Å². The van der Waals surface area contributed by atoms with Gasteiger partial charge in [-0.25, -0.2) is 0 Å². The van der Waals surface area contributed by atoms with Crippen molar-refractivity contribution in [3.05, 3.63) is 27.8 Å². The van der Waals surface area contributed by atoms with Gasteiger partial charge < -0.3 is 5.32 Å². The second-order valence-electron chi connectivity index (χ2n) is 7.02. The van der Waals surface area contributed by atoms with E-state index in [1.54, 1.807) is 0 Å². The minimum atomic E-state index is -0.170. The van der Waals surface area contributed by atoms with Crippen LogP contribution >= 0.6 is 22.6 Å². The summed E-state index contributed by atoms with van der Waals surface area (Å²) in [5.74, 6) is 0.325. The highest BCUT2D eigenvalue weighted by atomic mass is 127. The molecule has 2 bridgehead atoms. The Bertz CT molecular complexity index is 675. The molecule has 4 atom stereocenters. The predicted molar refractivity (Wildman–Crippen MR) is 96.9 cm³/mol. The molecule has 3 amide bonds. The van der Waals surface area contributed by atoms with E-state index in [2.05, 4.69) is 27.9 Å². The lowest BCUT2D eigenvalue weighted by atomic mass is 9.81. The number of amides is 3. The van der Waals surface area contributed by atoms with Crippen LogP contribution in [0.5, 0.6) is 0 Å². The molecule has 1 N–H and O–H groups in total. The van der Waals surface area contributed by atoms with E-state index in [0.29, 0.717) is 11.8 Å². The normalized spacial score (nSPS) is 30.8. The molecule has 2 aliphatic carbocycles. The van der Waals surface area contributed by atoms with E-state index in [1.807, 2.05) is 24.3 Å². The van der Waals surface area contributed by atoms with Crippen LogP contribution in [-0.2, 0) is 14.4 Å². The number of nitrogens with zero attached hydrogens (tertiary/aromatic N) is 1. The second kappa shape index (κ2) is 6.13. The van der Waals surface area contributed by atoms with E-state index < -0.39 is 0 Å². The Morgan fingerprint density at radius 3 is 2.25 bits per heavy atom. The summed E-state index contributed by atoms with van der Waals surface area (Å²) < 4.78 is 1.10. The van der Waals surface area contributed by atoms with Gasteiger partial charge in [-0.15, -0.1) is 0 Å². The maximum absolute atomic E-state index is 12.6. The zero-order valence-corrected chi connectivity index (χ0v) is 15.4. The number of carbonyl (C=O) groups excluding carboxylic acids is 3. The molecule has 126 valence electrons. The van der Waals surface area contributed by atoms with Gasteiger partial charge in [-0.2, -0.15) is 0 Å². The number of fused-ring (bicyclic) bond motifs is 5. The van der Waals surface area contributed by atoms with Crippen molar-refractivity contribution in [2.45, 2.75) is 25.7 Å². The Morgan fingerprint density at radius 1 is 1.08 bits per heavy atom. The quantitative estimate of drug-likeness (QED) is 0.581. The lowest BCUT2D eigenvalue weighted by molar-refractivity contribution is -0.140. The summed E-state index contributed by atoms with van der Waals surface area (Å²) in [6.07, 6.45) is 3.34. The van der Waals surface area contributed by atoms with Gasteiger partial charge in [0.2, 0.25) is 17.7 Å². The summed E-state index contributed by atoms with van der Waals surface area (Å²) in [7, 11) is 0. The molecule has 2 saturated carbocycles. The predicted octanol–water partition coefficient (Wildman–Crippen LogP) is 2.65. The lowest BCUT2D eigenvalue weighted by Crippen LogP contribution is -2.35. The standard InChI is InChI=1S/C18H19IN2O3/c19-12-3-5-13(6-4-12)20-14(22)7-8-21-17(23)15-10-1-2-11(9-10)16(15)18(21)24/h3-6,10-11,15-16H,1-2,7-9H2,(H,20,22)/t10-,11-,15-,16+/m0/s1. The third-order valence-corrected chi connectivity index (χ3v) is 6.43. The Labute approximate surface area is 154 Å². The zero-order valence-electron chi connectivity index (χ0n) is 13.2. The number of anilines is 1. The van der Waals surface area contributed by atoms with Gasteiger partial charge in [0, 0.05) is 22.2 Å². The van der Waals surface area contributed by atoms with Gasteiger partial charge in [0.25, 0.3) is 0 Å². The van der Waals surface area contributed by atoms with Crippen molar-refractivity contribution < 1.29 is 14.4 Å². The average Bonchev–Trinajstić information content (AvgIpc) is 3.23. The summed E-state index contributed by atoms with van der Waals surface area (Å²) in [6, 6.07) is 7.52. The molecule has 5 nitrogen and oxygen atoms in total. The Kier molecular flexibility index (Phi) is 4.10. The van der Waals surface area contributed by atoms with E-state index in [1.165, 1.54) is 4.90 Å². The van der Waals surface area contributed by atoms with Crippen LogP contribution in [0, 0.1) is 27.2 Å². The zero-order chi connectivity index (χ0) is 16.8. The summed E-state index contributed by atoms with van der Waals surface area (Å²) in [4.78, 5) is 38.6. The molecule has 0 radical (unpaired) electrons. The van der Waals surface area contributed by atoms with Crippen LogP contribution in [0.4, 0.5) is 5.69 Å². The Balaban J connectivity index is 1.36. The highest BCUT2D eigenvalue weighted by molar-refractivity contribution is 14.1. The maximum Gasteiger partial charge on any atom is 0.233 e. The van der Waals surface area contributed by atoms with Crippen molar-refractivity contribution >= 4 is 46.0 Å². The summed E-state index contributed by atoms with van der Waals surface area (Å²) >= 11 is 2.20. The molecule has 3 aliphatic rings. The Hall–Kier alpha value is -1.44. The molecule has 24 heavy (non-hydrogen) atoms. The number of likely N-dealkylation sites (tertiary alicyclic amines) is 1. The van der Waals surface area contributed by atoms with E-state index in [4.69, 9.17) is 0 Å². The molecule has 1 heterocycles. The molecule has 0 unspecified atom stereocenters. The first-order valence-corrected chi connectivity index (χ1v) is 9.53. The molecule has 4 rings (SSSR count). The van der Waals surface area contributed by atoms with Crippen molar-refractivity contribution in [3.63, 3.8) is 0 Å². The van der Waals surface area contributed by atoms with E-state index >= 15 is 0 Å². The molecular weight excluding hydrogens is 419 g/mol. The van der Waals surface area contributed by atoms with Crippen LogP contribution in [0.2, 0.25) is 0 Å². The van der Waals surface area contributed by atoms with Gasteiger partial charge >= 0.3 is 0 Å². The fourth-order valence-corrected chi connectivity index (χ4v) is 5.02. The van der Waals surface area contributed by atoms with Crippen LogP contribution in [0.25, 0.3) is 0 Å². The maximum atomic E-state index is 12.6. The number of hydrogen-bond donors (Lipinski definition) is 1. The third kappa shape index (κ3) is 2.64. The fourth-order valence-electron chi connectivity index (χ4n) is 4.66. The average molecular weight is 438 g/mol. The van der Waals surface area contributed by atoms with Crippen LogP contribution in [0.1, 0.15) is 25.7 Å². The molecule has 1 aliphatic heterocycles. The van der Waals surface area contributed by atoms with Gasteiger partial charge in [-0.1, -0.05) is 0 Å². The first kappa shape index (κ1) is 16.1. The fraction of sp³-hybridized carbons (Fsp3) is 0.500. The van der Waals surface area contributed by atoms with Gasteiger partial charge in [0.1, 0.15) is 0 Å². The summed E-state index contributed by atoms with van der Waals surface area (Å²) in [6.45, 7) is 0.195. The topological polar surface area (TPSA) is 66.5 Å². The van der Waals surface area contributed by atoms with Crippen molar-refractivity contribution in [2.75, 3.05) is 11.9 Å².